The molecule has 5 heteroatoms. The summed E-state index contributed by atoms with van der Waals surface area (Å²) in [6.07, 6.45) is 0.0704. The molecule has 1 aliphatic rings. The Morgan fingerprint density at radius 3 is 2.57 bits per heavy atom. The van der Waals surface area contributed by atoms with Gasteiger partial charge in [0, 0.05) is 12.1 Å². The first-order valence-electron chi connectivity index (χ1n) is 7.35. The molecule has 3 rings (SSSR count). The zero-order chi connectivity index (χ0) is 16.4. The van der Waals surface area contributed by atoms with Crippen molar-refractivity contribution in [2.75, 3.05) is 7.11 Å². The summed E-state index contributed by atoms with van der Waals surface area (Å²) in [7, 11) is 1.33. The summed E-state index contributed by atoms with van der Waals surface area (Å²) in [6.45, 7) is 0.456. The van der Waals surface area contributed by atoms with Crippen LogP contribution < -0.4 is 0 Å². The molecule has 1 amide bonds. The minimum atomic E-state index is -0.428. The summed E-state index contributed by atoms with van der Waals surface area (Å²) in [4.78, 5) is 26.1. The maximum atomic E-state index is 12.7. The Hall–Kier alpha value is -2.82. The lowest BCUT2D eigenvalue weighted by Gasteiger charge is -2.27. The van der Waals surface area contributed by atoms with E-state index in [4.69, 9.17) is 4.74 Å². The van der Waals surface area contributed by atoms with Crippen LogP contribution in [0.2, 0.25) is 0 Å². The minimum absolute atomic E-state index is 0.0704. The number of methoxy groups -OCH3 is 1. The fourth-order valence-electron chi connectivity index (χ4n) is 2.87. The first-order valence-corrected chi connectivity index (χ1v) is 7.35. The zero-order valence-corrected chi connectivity index (χ0v) is 12.7. The molecule has 118 valence electrons. The summed E-state index contributed by atoms with van der Waals surface area (Å²) >= 11 is 0. The van der Waals surface area contributed by atoms with Gasteiger partial charge in [-0.3, -0.25) is 9.59 Å². The van der Waals surface area contributed by atoms with Gasteiger partial charge in [0.05, 0.1) is 19.6 Å². The van der Waals surface area contributed by atoms with Crippen LogP contribution in [-0.2, 0) is 16.1 Å². The number of phenolic OH excluding ortho intramolecular Hbond substituents is 1. The molecule has 2 aromatic carbocycles. The van der Waals surface area contributed by atoms with Crippen LogP contribution in [0.4, 0.5) is 0 Å². The van der Waals surface area contributed by atoms with Crippen molar-refractivity contribution < 1.29 is 19.4 Å². The van der Waals surface area contributed by atoms with Crippen molar-refractivity contribution in [3.8, 4) is 5.75 Å². The largest absolute Gasteiger partial charge is 0.508 e. The fourth-order valence-corrected chi connectivity index (χ4v) is 2.87. The summed E-state index contributed by atoms with van der Waals surface area (Å²) in [6, 6.07) is 13.5. The second-order valence-electron chi connectivity index (χ2n) is 5.48. The lowest BCUT2D eigenvalue weighted by atomic mass is 10.0. The highest BCUT2D eigenvalue weighted by Crippen LogP contribution is 2.34. The number of fused-ring (bicyclic) bond motifs is 1. The smallest absolute Gasteiger partial charge is 0.307 e. The van der Waals surface area contributed by atoms with E-state index in [-0.39, 0.29) is 24.0 Å². The highest BCUT2D eigenvalue weighted by atomic mass is 16.5. The van der Waals surface area contributed by atoms with E-state index >= 15 is 0 Å². The second kappa shape index (κ2) is 6.12. The van der Waals surface area contributed by atoms with Crippen molar-refractivity contribution in [2.45, 2.75) is 19.0 Å². The molecule has 0 aromatic heterocycles. The first-order chi connectivity index (χ1) is 11.1. The Labute approximate surface area is 134 Å². The molecule has 0 saturated heterocycles. The molecule has 1 atom stereocenters. The van der Waals surface area contributed by atoms with Gasteiger partial charge in [0.1, 0.15) is 5.75 Å². The third kappa shape index (κ3) is 2.90. The van der Waals surface area contributed by atoms with Crippen molar-refractivity contribution in [1.82, 2.24) is 4.90 Å². The van der Waals surface area contributed by atoms with Gasteiger partial charge >= 0.3 is 5.97 Å². The van der Waals surface area contributed by atoms with Crippen molar-refractivity contribution in [3.05, 3.63) is 65.2 Å². The van der Waals surface area contributed by atoms with E-state index in [2.05, 4.69) is 0 Å². The number of hydrogen-bond acceptors (Lipinski definition) is 4. The van der Waals surface area contributed by atoms with Gasteiger partial charge in [0.2, 0.25) is 0 Å². The highest BCUT2D eigenvalue weighted by Gasteiger charge is 2.34. The van der Waals surface area contributed by atoms with E-state index in [0.717, 1.165) is 11.1 Å². The Morgan fingerprint density at radius 2 is 1.91 bits per heavy atom. The molecule has 1 heterocycles. The van der Waals surface area contributed by atoms with Gasteiger partial charge in [-0.2, -0.15) is 0 Å². The Balaban J connectivity index is 1.95. The molecular weight excluding hydrogens is 294 g/mol. The molecule has 0 saturated carbocycles. The molecule has 0 bridgehead atoms. The number of phenols is 1. The summed E-state index contributed by atoms with van der Waals surface area (Å²) in [5.74, 6) is -0.337. The standard InChI is InChI=1S/C18H17NO4/c1-23-17(21)10-16(12-6-8-14(20)9-7-12)19-11-13-4-2-3-5-15(13)18(19)22/h2-9,16,20H,10-11H2,1H3/t16-/m1/s1. The van der Waals surface area contributed by atoms with E-state index in [1.165, 1.54) is 7.11 Å². The van der Waals surface area contributed by atoms with Gasteiger partial charge in [0.25, 0.3) is 5.91 Å². The van der Waals surface area contributed by atoms with Crippen LogP contribution >= 0.6 is 0 Å². The van der Waals surface area contributed by atoms with Crippen LogP contribution in [0.3, 0.4) is 0 Å². The number of carbonyl (C=O) groups is 2. The van der Waals surface area contributed by atoms with Crippen LogP contribution in [0.1, 0.15) is 33.9 Å². The average molecular weight is 311 g/mol. The molecular formula is C18H17NO4. The number of carbonyl (C=O) groups excluding carboxylic acids is 2. The predicted octanol–water partition coefficient (Wildman–Crippen LogP) is 2.65. The van der Waals surface area contributed by atoms with E-state index in [1.54, 1.807) is 35.2 Å². The molecule has 0 spiro atoms. The minimum Gasteiger partial charge on any atom is -0.508 e. The van der Waals surface area contributed by atoms with E-state index < -0.39 is 6.04 Å². The molecule has 0 radical (unpaired) electrons. The molecule has 2 aromatic rings. The second-order valence-corrected chi connectivity index (χ2v) is 5.48. The number of amides is 1. The molecule has 0 fully saturated rings. The SMILES string of the molecule is COC(=O)C[C@H](c1ccc(O)cc1)N1Cc2ccccc2C1=O. The third-order valence-corrected chi connectivity index (χ3v) is 4.09. The molecule has 1 N–H and O–H groups in total. The van der Waals surface area contributed by atoms with Gasteiger partial charge in [-0.1, -0.05) is 30.3 Å². The van der Waals surface area contributed by atoms with Crippen molar-refractivity contribution in [3.63, 3.8) is 0 Å². The number of ether oxygens (including phenoxy) is 1. The van der Waals surface area contributed by atoms with Crippen LogP contribution in [0.25, 0.3) is 0 Å². The Morgan fingerprint density at radius 1 is 1.22 bits per heavy atom. The molecule has 0 unspecified atom stereocenters. The van der Waals surface area contributed by atoms with Crippen molar-refractivity contribution in [2.24, 2.45) is 0 Å². The average Bonchev–Trinajstić information content (AvgIpc) is 2.90. The van der Waals surface area contributed by atoms with E-state index in [9.17, 15) is 14.7 Å². The molecule has 1 aliphatic heterocycles. The highest BCUT2D eigenvalue weighted by molar-refractivity contribution is 5.98. The predicted molar refractivity (Wildman–Crippen MR) is 83.8 cm³/mol. The summed E-state index contributed by atoms with van der Waals surface area (Å²) in [5.41, 5.74) is 2.40. The first kappa shape index (κ1) is 15.1. The zero-order valence-electron chi connectivity index (χ0n) is 12.7. The van der Waals surface area contributed by atoms with Gasteiger partial charge in [-0.15, -0.1) is 0 Å². The fraction of sp³-hybridized carbons (Fsp3) is 0.222. The maximum Gasteiger partial charge on any atom is 0.307 e. The van der Waals surface area contributed by atoms with Gasteiger partial charge in [0.15, 0.2) is 0 Å². The van der Waals surface area contributed by atoms with Crippen molar-refractivity contribution >= 4 is 11.9 Å². The van der Waals surface area contributed by atoms with E-state index in [1.807, 2.05) is 18.2 Å². The van der Waals surface area contributed by atoms with Crippen LogP contribution in [0.15, 0.2) is 48.5 Å². The number of hydrogen-bond donors (Lipinski definition) is 1. The van der Waals surface area contributed by atoms with Crippen LogP contribution in [0, 0.1) is 0 Å². The summed E-state index contributed by atoms with van der Waals surface area (Å²) < 4.78 is 4.77. The van der Waals surface area contributed by atoms with Gasteiger partial charge < -0.3 is 14.7 Å². The normalized spacial score (nSPS) is 14.5. The molecule has 23 heavy (non-hydrogen) atoms. The van der Waals surface area contributed by atoms with Gasteiger partial charge in [-0.25, -0.2) is 0 Å². The quantitative estimate of drug-likeness (QED) is 0.882. The topological polar surface area (TPSA) is 66.8 Å². The van der Waals surface area contributed by atoms with Crippen molar-refractivity contribution in [1.29, 1.82) is 0 Å². The molecule has 0 aliphatic carbocycles. The Kier molecular flexibility index (Phi) is 4.02. The number of nitrogens with zero attached hydrogens (tertiary/aromatic N) is 1. The Bertz CT molecular complexity index is 739. The number of benzene rings is 2. The number of esters is 1. The lowest BCUT2D eigenvalue weighted by Crippen LogP contribution is -2.31. The van der Waals surface area contributed by atoms with Crippen LogP contribution in [-0.4, -0.2) is 29.0 Å². The molecule has 5 nitrogen and oxygen atoms in total. The lowest BCUT2D eigenvalue weighted by molar-refractivity contribution is -0.141. The van der Waals surface area contributed by atoms with Gasteiger partial charge in [-0.05, 0) is 29.3 Å². The third-order valence-electron chi connectivity index (χ3n) is 4.09. The monoisotopic (exact) mass is 311 g/mol. The number of aromatic hydroxyl groups is 1. The van der Waals surface area contributed by atoms with Crippen LogP contribution in [0.5, 0.6) is 5.75 Å². The maximum absolute atomic E-state index is 12.7. The number of rotatable bonds is 4. The van der Waals surface area contributed by atoms with E-state index in [0.29, 0.717) is 12.1 Å². The summed E-state index contributed by atoms with van der Waals surface area (Å²) in [5, 5.41) is 9.45.